The van der Waals surface area contributed by atoms with E-state index < -0.39 is 0 Å². The molecule has 0 bridgehead atoms. The Hall–Kier alpha value is -2.93. The summed E-state index contributed by atoms with van der Waals surface area (Å²) in [6.45, 7) is 5.58. The van der Waals surface area contributed by atoms with Gasteiger partial charge in [0.05, 0.1) is 12.6 Å². The fraction of sp³-hybridized carbons (Fsp3) is 0.350. The van der Waals surface area contributed by atoms with Gasteiger partial charge in [0.25, 0.3) is 0 Å². The maximum absolute atomic E-state index is 12.4. The predicted molar refractivity (Wildman–Crippen MR) is 103 cm³/mol. The van der Waals surface area contributed by atoms with Crippen molar-refractivity contribution in [1.82, 2.24) is 20.2 Å². The molecule has 1 saturated heterocycles. The van der Waals surface area contributed by atoms with Gasteiger partial charge < -0.3 is 14.6 Å². The van der Waals surface area contributed by atoms with Crippen molar-refractivity contribution in [3.05, 3.63) is 54.6 Å². The molecule has 7 nitrogen and oxygen atoms in total. The number of fused-ring (bicyclic) bond motifs is 1. The molecule has 0 unspecified atom stereocenters. The van der Waals surface area contributed by atoms with Crippen molar-refractivity contribution in [1.29, 1.82) is 0 Å². The van der Waals surface area contributed by atoms with Crippen LogP contribution in [0.4, 0.5) is 5.95 Å². The highest BCUT2D eigenvalue weighted by Crippen LogP contribution is 2.23. The maximum Gasteiger partial charge on any atom is 0.234 e. The number of carbonyl (C=O) groups is 1. The number of hydrogen-bond acceptors (Lipinski definition) is 6. The van der Waals surface area contributed by atoms with Crippen LogP contribution in [0, 0.1) is 0 Å². The van der Waals surface area contributed by atoms with Gasteiger partial charge in [-0.1, -0.05) is 18.2 Å². The monoisotopic (exact) mass is 365 g/mol. The largest absolute Gasteiger partial charge is 0.459 e. The topological polar surface area (TPSA) is 74.5 Å². The van der Waals surface area contributed by atoms with Gasteiger partial charge in [0.1, 0.15) is 11.3 Å². The van der Waals surface area contributed by atoms with Crippen LogP contribution in [0.1, 0.15) is 18.7 Å². The van der Waals surface area contributed by atoms with Crippen LogP contribution in [0.5, 0.6) is 0 Å². The minimum Gasteiger partial charge on any atom is -0.459 e. The fourth-order valence-electron chi connectivity index (χ4n) is 3.34. The Morgan fingerprint density at radius 2 is 1.89 bits per heavy atom. The normalized spacial score (nSPS) is 16.4. The number of aromatic nitrogens is 2. The predicted octanol–water partition coefficient (Wildman–Crippen LogP) is 2.22. The Bertz CT molecular complexity index is 870. The van der Waals surface area contributed by atoms with Crippen molar-refractivity contribution in [2.75, 3.05) is 37.6 Å². The SMILES string of the molecule is C[C@@H](NC(=O)CN1CCN(c2ncccn2)CC1)c1cc2ccccc2o1. The molecule has 0 aliphatic carbocycles. The summed E-state index contributed by atoms with van der Waals surface area (Å²) in [5.41, 5.74) is 0.841. The van der Waals surface area contributed by atoms with Crippen LogP contribution in [-0.4, -0.2) is 53.5 Å². The first kappa shape index (κ1) is 17.5. The van der Waals surface area contributed by atoms with Crippen LogP contribution >= 0.6 is 0 Å². The first-order valence-corrected chi connectivity index (χ1v) is 9.21. The first-order chi connectivity index (χ1) is 13.2. The third kappa shape index (κ3) is 4.09. The Labute approximate surface area is 158 Å². The second-order valence-electron chi connectivity index (χ2n) is 6.79. The van der Waals surface area contributed by atoms with Gasteiger partial charge in [0.2, 0.25) is 11.9 Å². The highest BCUT2D eigenvalue weighted by atomic mass is 16.3. The molecule has 1 aromatic carbocycles. The third-order valence-corrected chi connectivity index (χ3v) is 4.82. The van der Waals surface area contributed by atoms with Gasteiger partial charge in [0.15, 0.2) is 0 Å². The fourth-order valence-corrected chi connectivity index (χ4v) is 3.34. The van der Waals surface area contributed by atoms with E-state index in [0.29, 0.717) is 6.54 Å². The van der Waals surface area contributed by atoms with Crippen LogP contribution in [0.2, 0.25) is 0 Å². The third-order valence-electron chi connectivity index (χ3n) is 4.82. The molecule has 1 N–H and O–H groups in total. The molecule has 1 aliphatic rings. The lowest BCUT2D eigenvalue weighted by molar-refractivity contribution is -0.123. The number of carbonyl (C=O) groups excluding carboxylic acids is 1. The molecule has 3 aromatic rings. The molecule has 7 heteroatoms. The summed E-state index contributed by atoms with van der Waals surface area (Å²) < 4.78 is 5.83. The average Bonchev–Trinajstić information content (AvgIpc) is 3.14. The zero-order valence-electron chi connectivity index (χ0n) is 15.3. The standard InChI is InChI=1S/C20H23N5O2/c1-15(18-13-16-5-2-3-6-17(16)27-18)23-19(26)14-24-9-11-25(12-10-24)20-21-7-4-8-22-20/h2-8,13,15H,9-12,14H2,1H3,(H,23,26)/t15-/m1/s1. The minimum absolute atomic E-state index is 0.00682. The Morgan fingerprint density at radius 1 is 1.15 bits per heavy atom. The number of para-hydroxylation sites is 1. The Balaban J connectivity index is 1.28. The molecule has 4 rings (SSSR count). The van der Waals surface area contributed by atoms with E-state index in [-0.39, 0.29) is 11.9 Å². The lowest BCUT2D eigenvalue weighted by atomic mass is 10.2. The van der Waals surface area contributed by atoms with Crippen LogP contribution < -0.4 is 10.2 Å². The molecule has 1 amide bonds. The molecule has 2 aromatic heterocycles. The smallest absolute Gasteiger partial charge is 0.234 e. The van der Waals surface area contributed by atoms with E-state index in [1.54, 1.807) is 12.4 Å². The zero-order chi connectivity index (χ0) is 18.6. The summed E-state index contributed by atoms with van der Waals surface area (Å²) in [5, 5.41) is 4.08. The Morgan fingerprint density at radius 3 is 2.63 bits per heavy atom. The maximum atomic E-state index is 12.4. The molecular weight excluding hydrogens is 342 g/mol. The molecule has 1 fully saturated rings. The number of furan rings is 1. The number of amides is 1. The van der Waals surface area contributed by atoms with Gasteiger partial charge >= 0.3 is 0 Å². The molecule has 1 atom stereocenters. The van der Waals surface area contributed by atoms with Crippen molar-refractivity contribution in [2.24, 2.45) is 0 Å². The van der Waals surface area contributed by atoms with Gasteiger partial charge in [-0.05, 0) is 25.1 Å². The van der Waals surface area contributed by atoms with Crippen molar-refractivity contribution in [3.8, 4) is 0 Å². The van der Waals surface area contributed by atoms with Crippen LogP contribution in [0.3, 0.4) is 0 Å². The minimum atomic E-state index is -0.163. The van der Waals surface area contributed by atoms with Gasteiger partial charge in [-0.25, -0.2) is 9.97 Å². The number of nitrogens with zero attached hydrogens (tertiary/aromatic N) is 4. The second-order valence-corrected chi connectivity index (χ2v) is 6.79. The van der Waals surface area contributed by atoms with Gasteiger partial charge in [0, 0.05) is 44.0 Å². The van der Waals surface area contributed by atoms with Crippen molar-refractivity contribution in [2.45, 2.75) is 13.0 Å². The molecule has 0 spiro atoms. The summed E-state index contributed by atoms with van der Waals surface area (Å²) >= 11 is 0. The number of nitrogens with one attached hydrogen (secondary N) is 1. The van der Waals surface area contributed by atoms with E-state index in [1.165, 1.54) is 0 Å². The Kier molecular flexibility index (Phi) is 5.02. The van der Waals surface area contributed by atoms with Crippen molar-refractivity contribution in [3.63, 3.8) is 0 Å². The van der Waals surface area contributed by atoms with E-state index in [2.05, 4.69) is 25.1 Å². The van der Waals surface area contributed by atoms with Gasteiger partial charge in [-0.3, -0.25) is 9.69 Å². The number of piperazine rings is 1. The van der Waals surface area contributed by atoms with Crippen LogP contribution in [-0.2, 0) is 4.79 Å². The summed E-state index contributed by atoms with van der Waals surface area (Å²) in [7, 11) is 0. The molecule has 140 valence electrons. The van der Waals surface area contributed by atoms with Crippen LogP contribution in [0.25, 0.3) is 11.0 Å². The number of hydrogen-bond donors (Lipinski definition) is 1. The molecule has 27 heavy (non-hydrogen) atoms. The van der Waals surface area contributed by atoms with E-state index in [4.69, 9.17) is 4.42 Å². The first-order valence-electron chi connectivity index (χ1n) is 9.21. The van der Waals surface area contributed by atoms with E-state index in [1.807, 2.05) is 43.3 Å². The number of anilines is 1. The summed E-state index contributed by atoms with van der Waals surface area (Å²) in [4.78, 5) is 25.3. The summed E-state index contributed by atoms with van der Waals surface area (Å²) in [6, 6.07) is 11.5. The second kappa shape index (κ2) is 7.75. The summed E-state index contributed by atoms with van der Waals surface area (Å²) in [6.07, 6.45) is 3.50. The lowest BCUT2D eigenvalue weighted by Gasteiger charge is -2.34. The highest BCUT2D eigenvalue weighted by molar-refractivity contribution is 5.80. The summed E-state index contributed by atoms with van der Waals surface area (Å²) in [5.74, 6) is 1.53. The van der Waals surface area contributed by atoms with E-state index in [9.17, 15) is 4.79 Å². The quantitative estimate of drug-likeness (QED) is 0.747. The number of benzene rings is 1. The van der Waals surface area contributed by atoms with E-state index in [0.717, 1.165) is 48.9 Å². The number of rotatable bonds is 5. The van der Waals surface area contributed by atoms with Crippen molar-refractivity contribution < 1.29 is 9.21 Å². The lowest BCUT2D eigenvalue weighted by Crippen LogP contribution is -2.50. The average molecular weight is 365 g/mol. The highest BCUT2D eigenvalue weighted by Gasteiger charge is 2.21. The molecule has 0 radical (unpaired) electrons. The molecule has 1 aliphatic heterocycles. The molecular formula is C20H23N5O2. The molecule has 0 saturated carbocycles. The van der Waals surface area contributed by atoms with Gasteiger partial charge in [-0.15, -0.1) is 0 Å². The van der Waals surface area contributed by atoms with Gasteiger partial charge in [-0.2, -0.15) is 0 Å². The van der Waals surface area contributed by atoms with Crippen LogP contribution in [0.15, 0.2) is 53.2 Å². The zero-order valence-corrected chi connectivity index (χ0v) is 15.3. The van der Waals surface area contributed by atoms with Crippen molar-refractivity contribution >= 4 is 22.8 Å². The van der Waals surface area contributed by atoms with E-state index >= 15 is 0 Å². The molecule has 3 heterocycles.